The average Bonchev–Trinajstić information content (AvgIpc) is 3.18. The lowest BCUT2D eigenvalue weighted by molar-refractivity contribution is -0.136. The molecule has 0 radical (unpaired) electrons. The van der Waals surface area contributed by atoms with Gasteiger partial charge in [-0.25, -0.2) is 4.79 Å². The van der Waals surface area contributed by atoms with Crippen molar-refractivity contribution in [1.29, 1.82) is 0 Å². The van der Waals surface area contributed by atoms with Crippen LogP contribution in [0.2, 0.25) is 5.02 Å². The molecule has 1 aliphatic heterocycles. The number of hydrogen-bond donors (Lipinski definition) is 3. The number of carbonyl (C=O) groups is 2. The molecule has 3 N–H and O–H groups in total. The fraction of sp³-hybridized carbons (Fsp3) is 0.267. The van der Waals surface area contributed by atoms with Gasteiger partial charge in [0.15, 0.2) is 0 Å². The SMILES string of the molecule is COC(=O)C1=C(Nc2ccc(Cl)c3cn[nH]c23)C(=O)N(CCO)C1. The summed E-state index contributed by atoms with van der Waals surface area (Å²) in [6.45, 7) is 0.0118. The van der Waals surface area contributed by atoms with Crippen LogP contribution in [0.3, 0.4) is 0 Å². The first-order chi connectivity index (χ1) is 11.6. The molecule has 0 aliphatic carbocycles. The molecule has 9 heteroatoms. The Morgan fingerprint density at radius 1 is 1.54 bits per heavy atom. The van der Waals surface area contributed by atoms with E-state index in [2.05, 4.69) is 15.5 Å². The molecule has 2 heterocycles. The molecule has 0 unspecified atom stereocenters. The molecule has 0 saturated heterocycles. The van der Waals surface area contributed by atoms with Crippen LogP contribution in [0.1, 0.15) is 0 Å². The Labute approximate surface area is 142 Å². The highest BCUT2D eigenvalue weighted by atomic mass is 35.5. The number of rotatable bonds is 5. The number of nitrogens with one attached hydrogen (secondary N) is 2. The molecule has 8 nitrogen and oxygen atoms in total. The van der Waals surface area contributed by atoms with E-state index in [0.29, 0.717) is 21.6 Å². The second kappa shape index (κ2) is 6.50. The van der Waals surface area contributed by atoms with Crippen LogP contribution >= 0.6 is 11.6 Å². The molecule has 1 aromatic heterocycles. The second-order valence-corrected chi connectivity index (χ2v) is 5.58. The maximum Gasteiger partial charge on any atom is 0.337 e. The van der Waals surface area contributed by atoms with Crippen molar-refractivity contribution in [2.24, 2.45) is 0 Å². The number of fused-ring (bicyclic) bond motifs is 1. The molecule has 24 heavy (non-hydrogen) atoms. The molecule has 1 aromatic carbocycles. The van der Waals surface area contributed by atoms with Gasteiger partial charge in [-0.2, -0.15) is 5.10 Å². The smallest absolute Gasteiger partial charge is 0.337 e. The summed E-state index contributed by atoms with van der Waals surface area (Å²) >= 11 is 6.10. The zero-order valence-corrected chi connectivity index (χ0v) is 13.6. The van der Waals surface area contributed by atoms with Gasteiger partial charge >= 0.3 is 5.97 Å². The summed E-state index contributed by atoms with van der Waals surface area (Å²) in [5.74, 6) is -0.979. The summed E-state index contributed by atoms with van der Waals surface area (Å²) < 4.78 is 4.75. The Kier molecular flexibility index (Phi) is 4.41. The number of carbonyl (C=O) groups excluding carboxylic acids is 2. The molecule has 2 aromatic rings. The van der Waals surface area contributed by atoms with Gasteiger partial charge in [-0.3, -0.25) is 9.89 Å². The van der Waals surface area contributed by atoms with Gasteiger partial charge < -0.3 is 20.1 Å². The van der Waals surface area contributed by atoms with Crippen molar-refractivity contribution < 1.29 is 19.4 Å². The minimum Gasteiger partial charge on any atom is -0.466 e. The molecule has 1 aliphatic rings. The zero-order valence-electron chi connectivity index (χ0n) is 12.8. The Morgan fingerprint density at radius 2 is 2.33 bits per heavy atom. The summed E-state index contributed by atoms with van der Waals surface area (Å²) in [5.41, 5.74) is 1.50. The maximum absolute atomic E-state index is 12.5. The van der Waals surface area contributed by atoms with Gasteiger partial charge in [0.25, 0.3) is 5.91 Å². The minimum atomic E-state index is -0.596. The van der Waals surface area contributed by atoms with E-state index in [0.717, 1.165) is 0 Å². The van der Waals surface area contributed by atoms with E-state index in [9.17, 15) is 9.59 Å². The highest BCUT2D eigenvalue weighted by Crippen LogP contribution is 2.30. The van der Waals surface area contributed by atoms with Crippen LogP contribution in [0.5, 0.6) is 0 Å². The van der Waals surface area contributed by atoms with Crippen molar-refractivity contribution in [2.45, 2.75) is 0 Å². The topological polar surface area (TPSA) is 108 Å². The first-order valence-electron chi connectivity index (χ1n) is 7.17. The number of β-amino-alcohol motifs (C(OH)–C–C–N with tert-alkyl or cyclic N) is 1. The Hall–Kier alpha value is -2.58. The molecular formula is C15H15ClN4O4. The number of benzene rings is 1. The second-order valence-electron chi connectivity index (χ2n) is 5.17. The highest BCUT2D eigenvalue weighted by Gasteiger charge is 2.34. The number of hydrogen-bond acceptors (Lipinski definition) is 6. The minimum absolute atomic E-state index is 0.0775. The normalized spacial score (nSPS) is 14.6. The number of anilines is 1. The van der Waals surface area contributed by atoms with E-state index in [1.165, 1.54) is 12.0 Å². The summed E-state index contributed by atoms with van der Waals surface area (Å²) in [6.07, 6.45) is 1.58. The van der Waals surface area contributed by atoms with E-state index < -0.39 is 5.97 Å². The highest BCUT2D eigenvalue weighted by molar-refractivity contribution is 6.35. The lowest BCUT2D eigenvalue weighted by Gasteiger charge is -2.15. The number of amides is 1. The van der Waals surface area contributed by atoms with Crippen LogP contribution in [-0.4, -0.2) is 58.9 Å². The number of aliphatic hydroxyl groups excluding tert-OH is 1. The third-order valence-electron chi connectivity index (χ3n) is 3.78. The number of aromatic amines is 1. The number of esters is 1. The maximum atomic E-state index is 12.5. The molecule has 0 spiro atoms. The largest absolute Gasteiger partial charge is 0.466 e. The third-order valence-corrected chi connectivity index (χ3v) is 4.11. The molecule has 3 rings (SSSR count). The molecule has 0 saturated carbocycles. The summed E-state index contributed by atoms with van der Waals surface area (Å²) in [4.78, 5) is 25.9. The first kappa shape index (κ1) is 16.3. The monoisotopic (exact) mass is 350 g/mol. The number of aliphatic hydroxyl groups is 1. The number of nitrogens with zero attached hydrogens (tertiary/aromatic N) is 2. The van der Waals surface area contributed by atoms with Gasteiger partial charge in [0.1, 0.15) is 5.70 Å². The van der Waals surface area contributed by atoms with Crippen molar-refractivity contribution in [3.05, 3.63) is 34.6 Å². The van der Waals surface area contributed by atoms with Crippen molar-refractivity contribution in [2.75, 3.05) is 32.1 Å². The van der Waals surface area contributed by atoms with Crippen molar-refractivity contribution in [3.8, 4) is 0 Å². The summed E-state index contributed by atoms with van der Waals surface area (Å²) in [5, 5.41) is 20.0. The van der Waals surface area contributed by atoms with Crippen LogP contribution in [0.25, 0.3) is 10.9 Å². The van der Waals surface area contributed by atoms with E-state index >= 15 is 0 Å². The van der Waals surface area contributed by atoms with Crippen molar-refractivity contribution in [1.82, 2.24) is 15.1 Å². The molecule has 0 bridgehead atoms. The van der Waals surface area contributed by atoms with Gasteiger partial charge in [-0.15, -0.1) is 0 Å². The van der Waals surface area contributed by atoms with E-state index in [1.54, 1.807) is 18.3 Å². The van der Waals surface area contributed by atoms with Gasteiger partial charge in [-0.05, 0) is 12.1 Å². The Bertz CT molecular complexity index is 845. The number of halogens is 1. The number of ether oxygens (including phenoxy) is 1. The third kappa shape index (κ3) is 2.70. The van der Waals surface area contributed by atoms with Gasteiger partial charge in [0.05, 0.1) is 48.3 Å². The average molecular weight is 351 g/mol. The van der Waals surface area contributed by atoms with Crippen molar-refractivity contribution >= 4 is 40.1 Å². The lowest BCUT2D eigenvalue weighted by Crippen LogP contribution is -2.31. The van der Waals surface area contributed by atoms with Crippen LogP contribution < -0.4 is 5.32 Å². The number of H-pyrrole nitrogens is 1. The van der Waals surface area contributed by atoms with E-state index in [4.69, 9.17) is 21.4 Å². The predicted molar refractivity (Wildman–Crippen MR) is 87.4 cm³/mol. The molecule has 0 fully saturated rings. The fourth-order valence-corrected chi connectivity index (χ4v) is 2.80. The van der Waals surface area contributed by atoms with Gasteiger partial charge in [0, 0.05) is 11.9 Å². The predicted octanol–water partition coefficient (Wildman–Crippen LogP) is 0.890. The zero-order chi connectivity index (χ0) is 17.3. The van der Waals surface area contributed by atoms with E-state index in [1.807, 2.05) is 0 Å². The van der Waals surface area contributed by atoms with E-state index in [-0.39, 0.29) is 36.9 Å². The standard InChI is InChI=1S/C15H15ClN4O4/c1-24-15(23)9-7-20(4-5-21)14(22)13(9)18-11-3-2-10(16)8-6-17-19-12(8)11/h2-3,6,18,21H,4-5,7H2,1H3,(H,17,19). The van der Waals surface area contributed by atoms with Gasteiger partial charge in [0.2, 0.25) is 0 Å². The van der Waals surface area contributed by atoms with Crippen molar-refractivity contribution in [3.63, 3.8) is 0 Å². The summed E-state index contributed by atoms with van der Waals surface area (Å²) in [6, 6.07) is 3.36. The fourth-order valence-electron chi connectivity index (χ4n) is 2.59. The first-order valence-corrected chi connectivity index (χ1v) is 7.54. The van der Waals surface area contributed by atoms with Crippen LogP contribution in [0, 0.1) is 0 Å². The number of methoxy groups -OCH3 is 1. The molecule has 126 valence electrons. The Morgan fingerprint density at radius 3 is 3.04 bits per heavy atom. The Balaban J connectivity index is 2.01. The van der Waals surface area contributed by atoms with Crippen LogP contribution in [-0.2, 0) is 14.3 Å². The molecular weight excluding hydrogens is 336 g/mol. The molecule has 0 atom stereocenters. The quantitative estimate of drug-likeness (QED) is 0.691. The molecule has 1 amide bonds. The van der Waals surface area contributed by atoms with Crippen LogP contribution in [0.4, 0.5) is 5.69 Å². The summed E-state index contributed by atoms with van der Waals surface area (Å²) in [7, 11) is 1.25. The van der Waals surface area contributed by atoms with Crippen LogP contribution in [0.15, 0.2) is 29.6 Å². The number of aromatic nitrogens is 2. The lowest BCUT2D eigenvalue weighted by atomic mass is 10.2. The van der Waals surface area contributed by atoms with Gasteiger partial charge in [-0.1, -0.05) is 11.6 Å².